The Hall–Kier alpha value is -3.78. The molecule has 0 unspecified atom stereocenters. The number of nitrogens with one attached hydrogen (secondary N) is 1. The second-order valence-electron chi connectivity index (χ2n) is 7.97. The third-order valence-corrected chi connectivity index (χ3v) is 5.92. The van der Waals surface area contributed by atoms with E-state index in [2.05, 4.69) is 32.5 Å². The van der Waals surface area contributed by atoms with E-state index in [9.17, 15) is 4.79 Å². The van der Waals surface area contributed by atoms with Gasteiger partial charge in [-0.3, -0.25) is 4.79 Å². The number of fused-ring (bicyclic) bond motifs is 1. The molecule has 0 aliphatic heterocycles. The van der Waals surface area contributed by atoms with Crippen LogP contribution in [0.1, 0.15) is 41.1 Å². The van der Waals surface area contributed by atoms with Crippen molar-refractivity contribution in [3.63, 3.8) is 0 Å². The Balaban J connectivity index is 1.45. The van der Waals surface area contributed by atoms with Gasteiger partial charge in [0.25, 0.3) is 0 Å². The van der Waals surface area contributed by atoms with E-state index in [0.29, 0.717) is 42.5 Å². The number of nitrogens with zero attached hydrogens (tertiary/aromatic N) is 1. The molecule has 0 radical (unpaired) electrons. The van der Waals surface area contributed by atoms with Gasteiger partial charge >= 0.3 is 5.91 Å². The summed E-state index contributed by atoms with van der Waals surface area (Å²) in [7, 11) is 0. The first kappa shape index (κ1) is 25.3. The zero-order chi connectivity index (χ0) is 25.5. The summed E-state index contributed by atoms with van der Waals surface area (Å²) in [5, 5.41) is 4.87. The molecule has 1 amide bonds. The number of carbonyl (C=O) groups excluding carboxylic acids is 1. The van der Waals surface area contributed by atoms with Crippen molar-refractivity contribution in [3.05, 3.63) is 87.6 Å². The number of hydrogen-bond donors (Lipinski definition) is 1. The van der Waals surface area contributed by atoms with Crippen LogP contribution in [0.4, 0.5) is 0 Å². The van der Waals surface area contributed by atoms with Crippen LogP contribution < -0.4 is 19.6 Å². The molecule has 1 heterocycles. The van der Waals surface area contributed by atoms with E-state index >= 15 is 0 Å². The lowest BCUT2D eigenvalue weighted by Crippen LogP contribution is -2.16. The molecule has 0 spiro atoms. The Morgan fingerprint density at radius 1 is 1.00 bits per heavy atom. The summed E-state index contributed by atoms with van der Waals surface area (Å²) < 4.78 is 23.7. The maximum atomic E-state index is 12.6. The van der Waals surface area contributed by atoms with Crippen LogP contribution in [0.3, 0.4) is 0 Å². The second kappa shape index (κ2) is 11.8. The molecule has 0 saturated heterocycles. The number of carbonyl (C=O) groups is 1. The zero-order valence-corrected chi connectivity index (χ0v) is 21.9. The van der Waals surface area contributed by atoms with E-state index in [-0.39, 0.29) is 5.76 Å². The molecule has 4 rings (SSSR count). The van der Waals surface area contributed by atoms with Crippen molar-refractivity contribution >= 4 is 39.0 Å². The quantitative estimate of drug-likeness (QED) is 0.176. The van der Waals surface area contributed by atoms with E-state index in [1.165, 1.54) is 11.8 Å². The minimum absolute atomic E-state index is 0.157. The van der Waals surface area contributed by atoms with Crippen LogP contribution in [0.2, 0.25) is 0 Å². The number of aryl methyl sites for hydroxylation is 1. The molecule has 8 heteroatoms. The van der Waals surface area contributed by atoms with Crippen LogP contribution in [-0.2, 0) is 6.61 Å². The smallest absolute Gasteiger partial charge is 0.307 e. The van der Waals surface area contributed by atoms with Gasteiger partial charge in [-0.2, -0.15) is 5.10 Å². The summed E-state index contributed by atoms with van der Waals surface area (Å²) in [6, 6.07) is 18.9. The average molecular weight is 551 g/mol. The first-order chi connectivity index (χ1) is 17.5. The third-order valence-electron chi connectivity index (χ3n) is 5.23. The summed E-state index contributed by atoms with van der Waals surface area (Å²) in [6.45, 7) is 7.33. The van der Waals surface area contributed by atoms with E-state index < -0.39 is 5.91 Å². The van der Waals surface area contributed by atoms with E-state index in [0.717, 1.165) is 21.2 Å². The molecule has 0 fully saturated rings. The third kappa shape index (κ3) is 6.26. The molecule has 0 saturated carbocycles. The minimum atomic E-state index is -0.459. The van der Waals surface area contributed by atoms with Gasteiger partial charge in [-0.05, 0) is 78.7 Å². The van der Waals surface area contributed by atoms with Crippen LogP contribution in [0.15, 0.2) is 74.7 Å². The zero-order valence-electron chi connectivity index (χ0n) is 20.3. The Labute approximate surface area is 218 Å². The number of halogens is 1. The molecule has 0 bridgehead atoms. The first-order valence-corrected chi connectivity index (χ1v) is 12.4. The maximum absolute atomic E-state index is 12.6. The predicted molar refractivity (Wildman–Crippen MR) is 143 cm³/mol. The highest BCUT2D eigenvalue weighted by Crippen LogP contribution is 2.34. The monoisotopic (exact) mass is 550 g/mol. The van der Waals surface area contributed by atoms with E-state index in [4.69, 9.17) is 18.6 Å². The van der Waals surface area contributed by atoms with Crippen LogP contribution in [0.5, 0.6) is 17.2 Å². The molecule has 0 aliphatic carbocycles. The summed E-state index contributed by atoms with van der Waals surface area (Å²) in [5.74, 6) is 1.62. The number of furan rings is 1. The Bertz CT molecular complexity index is 1400. The Morgan fingerprint density at radius 3 is 2.58 bits per heavy atom. The number of hydrazone groups is 1. The van der Waals surface area contributed by atoms with Crippen LogP contribution in [0.25, 0.3) is 11.0 Å². The fourth-order valence-corrected chi connectivity index (χ4v) is 4.02. The maximum Gasteiger partial charge on any atom is 0.307 e. The average Bonchev–Trinajstić information content (AvgIpc) is 3.29. The van der Waals surface area contributed by atoms with Crippen molar-refractivity contribution in [2.45, 2.75) is 27.4 Å². The lowest BCUT2D eigenvalue weighted by molar-refractivity contribution is 0.0929. The first-order valence-electron chi connectivity index (χ1n) is 11.6. The Morgan fingerprint density at radius 2 is 1.81 bits per heavy atom. The fraction of sp³-hybridized carbons (Fsp3) is 0.214. The van der Waals surface area contributed by atoms with Crippen LogP contribution >= 0.6 is 15.9 Å². The van der Waals surface area contributed by atoms with E-state index in [1.54, 1.807) is 18.2 Å². The topological polar surface area (TPSA) is 82.3 Å². The molecule has 4 aromatic rings. The van der Waals surface area contributed by atoms with Crippen LogP contribution in [0, 0.1) is 6.92 Å². The van der Waals surface area contributed by atoms with Crippen molar-refractivity contribution in [3.8, 4) is 17.2 Å². The normalized spacial score (nSPS) is 11.1. The predicted octanol–water partition coefficient (Wildman–Crippen LogP) is 6.64. The molecule has 0 aliphatic rings. The van der Waals surface area contributed by atoms with Gasteiger partial charge in [0.1, 0.15) is 17.9 Å². The number of ether oxygens (including phenoxy) is 3. The SMILES string of the molecule is CCOc1ccc2oc(C(=O)N/N=C/c3cc(OCC)c(OCc4cccc(C)c4)cc3Br)cc2c1. The number of hydrogen-bond acceptors (Lipinski definition) is 6. The molecular formula is C28H27BrN2O5. The lowest BCUT2D eigenvalue weighted by Gasteiger charge is -2.14. The van der Waals surface area contributed by atoms with Gasteiger partial charge in [-0.15, -0.1) is 0 Å². The largest absolute Gasteiger partial charge is 0.494 e. The van der Waals surface area contributed by atoms with Crippen molar-refractivity contribution in [2.24, 2.45) is 5.10 Å². The second-order valence-corrected chi connectivity index (χ2v) is 8.83. The highest BCUT2D eigenvalue weighted by molar-refractivity contribution is 9.10. The van der Waals surface area contributed by atoms with Crippen molar-refractivity contribution in [1.82, 2.24) is 5.43 Å². The van der Waals surface area contributed by atoms with Gasteiger partial charge in [0.15, 0.2) is 17.3 Å². The lowest BCUT2D eigenvalue weighted by atomic mass is 10.1. The molecule has 3 aromatic carbocycles. The van der Waals surface area contributed by atoms with Gasteiger partial charge in [-0.25, -0.2) is 5.43 Å². The van der Waals surface area contributed by atoms with Gasteiger partial charge in [-0.1, -0.05) is 29.8 Å². The van der Waals surface area contributed by atoms with Gasteiger partial charge in [0.2, 0.25) is 0 Å². The number of amides is 1. The van der Waals surface area contributed by atoms with Crippen molar-refractivity contribution < 1.29 is 23.4 Å². The molecule has 1 N–H and O–H groups in total. The standard InChI is InChI=1S/C28H27BrN2O5/c1-4-33-22-9-10-24-20(12-22)13-27(36-24)28(32)31-30-16-21-14-25(34-5-2)26(15-23(21)29)35-17-19-8-6-7-18(3)11-19/h6-16H,4-5,17H2,1-3H3,(H,31,32)/b30-16+. The van der Waals surface area contributed by atoms with Crippen molar-refractivity contribution in [1.29, 1.82) is 0 Å². The van der Waals surface area contributed by atoms with Crippen molar-refractivity contribution in [2.75, 3.05) is 13.2 Å². The van der Waals surface area contributed by atoms with Crippen LogP contribution in [-0.4, -0.2) is 25.3 Å². The summed E-state index contributed by atoms with van der Waals surface area (Å²) in [6.07, 6.45) is 1.53. The number of rotatable bonds is 10. The minimum Gasteiger partial charge on any atom is -0.494 e. The molecule has 7 nitrogen and oxygen atoms in total. The number of benzene rings is 3. The Kier molecular flexibility index (Phi) is 8.28. The summed E-state index contributed by atoms with van der Waals surface area (Å²) >= 11 is 3.56. The van der Waals surface area contributed by atoms with E-state index in [1.807, 2.05) is 57.2 Å². The molecular weight excluding hydrogens is 524 g/mol. The van der Waals surface area contributed by atoms with Gasteiger partial charge in [0.05, 0.1) is 19.4 Å². The van der Waals surface area contributed by atoms with Gasteiger partial charge in [0, 0.05) is 15.4 Å². The fourth-order valence-electron chi connectivity index (χ4n) is 3.60. The van der Waals surface area contributed by atoms with Gasteiger partial charge < -0.3 is 18.6 Å². The summed E-state index contributed by atoms with van der Waals surface area (Å²) in [4.78, 5) is 12.6. The molecule has 1 aromatic heterocycles. The molecule has 0 atom stereocenters. The highest BCUT2D eigenvalue weighted by Gasteiger charge is 2.13. The summed E-state index contributed by atoms with van der Waals surface area (Å²) in [5.41, 5.74) is 6.06. The highest BCUT2D eigenvalue weighted by atomic mass is 79.9. The molecule has 36 heavy (non-hydrogen) atoms. The molecule has 186 valence electrons.